The third kappa shape index (κ3) is 34.4. The number of ether oxygens (including phenoxy) is 6. The second-order valence-electron chi connectivity index (χ2n) is 27.9. The van der Waals surface area contributed by atoms with Gasteiger partial charge in [-0.25, -0.2) is 4.79 Å². The molecular weight excluding hydrogens is 1240 g/mol. The molecule has 3 fully saturated rings. The van der Waals surface area contributed by atoms with E-state index in [0.717, 1.165) is 51.9 Å². The minimum Gasteiger partial charge on any atom is -0.477 e. The third-order valence-corrected chi connectivity index (χ3v) is 19.5. The lowest BCUT2D eigenvalue weighted by atomic mass is 9.88. The van der Waals surface area contributed by atoms with Crippen LogP contribution in [0.15, 0.2) is 12.2 Å². The molecule has 96 heavy (non-hydrogen) atoms. The zero-order valence-electron chi connectivity index (χ0n) is 59.2. The first-order valence-electron chi connectivity index (χ1n) is 38.1. The summed E-state index contributed by atoms with van der Waals surface area (Å²) in [5.74, 6) is -6.13. The highest BCUT2D eigenvalue weighted by atomic mass is 16.8. The predicted octanol–water partition coefficient (Wildman–Crippen LogP) is 8.63. The zero-order valence-corrected chi connectivity index (χ0v) is 59.2. The molecule has 3 heterocycles. The maximum Gasteiger partial charge on any atom is 0.364 e. The Morgan fingerprint density at radius 3 is 1.39 bits per heavy atom. The average molecular weight is 1380 g/mol. The van der Waals surface area contributed by atoms with Crippen molar-refractivity contribution in [2.75, 3.05) is 26.4 Å². The van der Waals surface area contributed by atoms with E-state index in [1.54, 1.807) is 6.08 Å². The number of aliphatic carboxylic acids is 1. The molecule has 2 amide bonds. The van der Waals surface area contributed by atoms with Crippen molar-refractivity contribution in [3.63, 3.8) is 0 Å². The topological polar surface area (TPSA) is 373 Å². The Balaban J connectivity index is 1.54. The number of hydrogen-bond acceptors (Lipinski definition) is 20. The summed E-state index contributed by atoms with van der Waals surface area (Å²) in [5, 5.41) is 136. The highest BCUT2D eigenvalue weighted by Gasteiger charge is 2.60. The standard InChI is InChI=1S/C73H136N2O21/c1-4-6-8-10-12-14-16-18-20-22-23-24-25-26-27-28-29-31-33-35-37-39-41-43-45-47-60(83)75-54(55(80)46-44-42-40-38-36-34-32-30-21-19-17-15-13-11-9-7-5-2)52-91-70-65(87)64(86)67(59(51-78)93-70)94-71-66(88)69(63(85)58(50-77)92-71)96-73(72(89)90)48-56(81)61(74-53(3)79)68(95-73)62(84)57(82)49-76/h44,46,54-59,61-71,76-78,80-82,84-88H,4-43,45,47-52H2,1-3H3,(H,74,79)(H,75,83)(H,89,90)/b46-44+. The van der Waals surface area contributed by atoms with Crippen molar-refractivity contribution >= 4 is 17.8 Å². The monoisotopic (exact) mass is 1380 g/mol. The van der Waals surface area contributed by atoms with Crippen LogP contribution >= 0.6 is 0 Å². The van der Waals surface area contributed by atoms with Gasteiger partial charge in [-0.3, -0.25) is 9.59 Å². The first kappa shape index (κ1) is 87.7. The van der Waals surface area contributed by atoms with E-state index in [0.29, 0.717) is 12.8 Å². The summed E-state index contributed by atoms with van der Waals surface area (Å²) >= 11 is 0. The number of unbranched alkanes of at least 4 members (excludes halogenated alkanes) is 39. The maximum absolute atomic E-state index is 13.5. The lowest BCUT2D eigenvalue weighted by Crippen LogP contribution is -2.70. The fourth-order valence-electron chi connectivity index (χ4n) is 13.4. The van der Waals surface area contributed by atoms with Crippen LogP contribution in [0.25, 0.3) is 0 Å². The summed E-state index contributed by atoms with van der Waals surface area (Å²) < 4.78 is 34.9. The molecule has 23 nitrogen and oxygen atoms in total. The summed E-state index contributed by atoms with van der Waals surface area (Å²) in [6.45, 7) is 2.18. The first-order valence-corrected chi connectivity index (χ1v) is 38.1. The number of carbonyl (C=O) groups is 3. The van der Waals surface area contributed by atoms with Crippen LogP contribution in [0.1, 0.15) is 297 Å². The van der Waals surface area contributed by atoms with E-state index in [4.69, 9.17) is 28.4 Å². The van der Waals surface area contributed by atoms with Gasteiger partial charge in [0.15, 0.2) is 12.6 Å². The van der Waals surface area contributed by atoms with Gasteiger partial charge < -0.3 is 100 Å². The lowest BCUT2D eigenvalue weighted by Gasteiger charge is -2.50. The van der Waals surface area contributed by atoms with Gasteiger partial charge in [-0.1, -0.05) is 270 Å². The second kappa shape index (κ2) is 53.3. The minimum atomic E-state index is -3.08. The van der Waals surface area contributed by atoms with Crippen LogP contribution in [0.4, 0.5) is 0 Å². The second-order valence-corrected chi connectivity index (χ2v) is 27.9. The van der Waals surface area contributed by atoms with Crippen molar-refractivity contribution < 1.29 is 104 Å². The van der Waals surface area contributed by atoms with Gasteiger partial charge >= 0.3 is 5.97 Å². The molecule has 0 aromatic heterocycles. The molecule has 3 saturated heterocycles. The Morgan fingerprint density at radius 2 is 0.969 bits per heavy atom. The molecule has 3 aliphatic heterocycles. The normalized spacial score (nSPS) is 27.6. The van der Waals surface area contributed by atoms with Gasteiger partial charge in [-0.05, 0) is 19.3 Å². The van der Waals surface area contributed by atoms with Crippen LogP contribution in [0.2, 0.25) is 0 Å². The largest absolute Gasteiger partial charge is 0.477 e. The van der Waals surface area contributed by atoms with E-state index in [2.05, 4.69) is 24.5 Å². The number of carboxylic acid groups (broad SMARTS) is 1. The van der Waals surface area contributed by atoms with Crippen LogP contribution in [0.5, 0.6) is 0 Å². The number of allylic oxidation sites excluding steroid dienone is 1. The highest BCUT2D eigenvalue weighted by molar-refractivity contribution is 5.77. The first-order chi connectivity index (χ1) is 46.4. The molecule has 0 bridgehead atoms. The molecule has 0 aliphatic carbocycles. The van der Waals surface area contributed by atoms with E-state index < -0.39 is 155 Å². The highest BCUT2D eigenvalue weighted by Crippen LogP contribution is 2.39. The van der Waals surface area contributed by atoms with Crippen LogP contribution in [-0.2, 0) is 42.8 Å². The van der Waals surface area contributed by atoms with E-state index in [1.165, 1.54) is 205 Å². The summed E-state index contributed by atoms with van der Waals surface area (Å²) in [7, 11) is 0. The Kier molecular flexibility index (Phi) is 48.7. The third-order valence-electron chi connectivity index (χ3n) is 19.5. The van der Waals surface area contributed by atoms with Crippen LogP contribution in [-0.4, -0.2) is 215 Å². The van der Waals surface area contributed by atoms with Gasteiger partial charge in [0.1, 0.15) is 67.1 Å². The molecule has 0 aromatic carbocycles. The van der Waals surface area contributed by atoms with Gasteiger partial charge in [0, 0.05) is 19.8 Å². The van der Waals surface area contributed by atoms with E-state index >= 15 is 0 Å². The molecule has 18 unspecified atom stereocenters. The number of hydrogen-bond donors (Lipinski definition) is 14. The molecule has 18 atom stereocenters. The molecule has 0 spiro atoms. The fourth-order valence-corrected chi connectivity index (χ4v) is 13.4. The van der Waals surface area contributed by atoms with Crippen LogP contribution in [0, 0.1) is 0 Å². The molecule has 564 valence electrons. The van der Waals surface area contributed by atoms with Crippen molar-refractivity contribution in [3.05, 3.63) is 12.2 Å². The Bertz CT molecular complexity index is 1980. The minimum absolute atomic E-state index is 0.205. The zero-order chi connectivity index (χ0) is 70.4. The van der Waals surface area contributed by atoms with Crippen molar-refractivity contribution in [1.82, 2.24) is 10.6 Å². The van der Waals surface area contributed by atoms with E-state index in [1.807, 2.05) is 6.08 Å². The smallest absolute Gasteiger partial charge is 0.364 e. The van der Waals surface area contributed by atoms with Crippen molar-refractivity contribution in [2.45, 2.75) is 407 Å². The fraction of sp³-hybridized carbons (Fsp3) is 0.932. The number of carboxylic acids is 1. The van der Waals surface area contributed by atoms with Gasteiger partial charge in [-0.15, -0.1) is 0 Å². The number of aliphatic hydroxyl groups is 11. The molecule has 3 rings (SSSR count). The molecule has 0 aromatic rings. The molecular formula is C73H136N2O21. The predicted molar refractivity (Wildman–Crippen MR) is 366 cm³/mol. The van der Waals surface area contributed by atoms with Gasteiger partial charge in [-0.2, -0.15) is 0 Å². The summed E-state index contributed by atoms with van der Waals surface area (Å²) in [4.78, 5) is 38.6. The summed E-state index contributed by atoms with van der Waals surface area (Å²) in [6.07, 6.45) is 25.4. The Hall–Kier alpha value is -2.53. The maximum atomic E-state index is 13.5. The van der Waals surface area contributed by atoms with E-state index in [9.17, 15) is 75.7 Å². The average Bonchev–Trinajstić information content (AvgIpc) is 0.758. The molecule has 0 saturated carbocycles. The Labute approximate surface area is 575 Å². The SMILES string of the molecule is CCCCCCCCCCCCCCCCC/C=C/C(O)C(COC1OC(CO)C(OC2OC(CO)C(O)C(OC3(C(=O)O)CC(O)C(NC(C)=O)C(C(O)C(O)CO)O3)C2O)C(O)C1O)NC(=O)CCCCCCCCCCCCCCCCCCCCCCCCCCC. The summed E-state index contributed by atoms with van der Waals surface area (Å²) in [6, 6.07) is -2.61. The van der Waals surface area contributed by atoms with Gasteiger partial charge in [0.2, 0.25) is 11.8 Å². The van der Waals surface area contributed by atoms with Crippen molar-refractivity contribution in [2.24, 2.45) is 0 Å². The van der Waals surface area contributed by atoms with E-state index in [-0.39, 0.29) is 12.3 Å². The molecule has 0 radical (unpaired) electrons. The van der Waals surface area contributed by atoms with Gasteiger partial charge in [0.05, 0.1) is 50.7 Å². The van der Waals surface area contributed by atoms with Crippen molar-refractivity contribution in [1.29, 1.82) is 0 Å². The molecule has 3 aliphatic rings. The number of amides is 2. The molecule has 14 N–H and O–H groups in total. The number of nitrogens with one attached hydrogen (secondary N) is 2. The van der Waals surface area contributed by atoms with Gasteiger partial charge in [0.25, 0.3) is 5.79 Å². The number of carbonyl (C=O) groups excluding carboxylic acids is 2. The number of rotatable bonds is 59. The lowest BCUT2D eigenvalue weighted by molar-refractivity contribution is -0.386. The quantitative estimate of drug-likeness (QED) is 0.0200. The van der Waals surface area contributed by atoms with Crippen LogP contribution in [0.3, 0.4) is 0 Å². The Morgan fingerprint density at radius 1 is 0.542 bits per heavy atom. The van der Waals surface area contributed by atoms with Crippen LogP contribution < -0.4 is 10.6 Å². The molecule has 23 heteroatoms. The van der Waals surface area contributed by atoms with Crippen molar-refractivity contribution in [3.8, 4) is 0 Å². The number of aliphatic hydroxyl groups excluding tert-OH is 11. The summed E-state index contributed by atoms with van der Waals surface area (Å²) in [5.41, 5.74) is 0.